The first-order valence-electron chi connectivity index (χ1n) is 5.06. The first-order valence-corrected chi connectivity index (χ1v) is 5.06. The minimum Gasteiger partial charge on any atom is -0.307 e. The van der Waals surface area contributed by atoms with Crippen LogP contribution >= 0.6 is 0 Å². The minimum absolute atomic E-state index is 0.396. The highest BCUT2D eigenvalue weighted by atomic mass is 14.9. The van der Waals surface area contributed by atoms with Gasteiger partial charge in [0.1, 0.15) is 0 Å². The van der Waals surface area contributed by atoms with Crippen molar-refractivity contribution in [1.82, 2.24) is 5.32 Å². The third-order valence-electron chi connectivity index (χ3n) is 2.47. The zero-order chi connectivity index (χ0) is 10.6. The van der Waals surface area contributed by atoms with Crippen molar-refractivity contribution >= 4 is 0 Å². The summed E-state index contributed by atoms with van der Waals surface area (Å²) in [4.78, 5) is 0. The summed E-state index contributed by atoms with van der Waals surface area (Å²) < 4.78 is 0. The van der Waals surface area contributed by atoms with Gasteiger partial charge in [0.2, 0.25) is 0 Å². The lowest BCUT2D eigenvalue weighted by Gasteiger charge is -2.16. The molecule has 1 nitrogen and oxygen atoms in total. The molecule has 0 aromatic heterocycles. The summed E-state index contributed by atoms with van der Waals surface area (Å²) in [5.41, 5.74) is 4.05. The summed E-state index contributed by atoms with van der Waals surface area (Å²) in [6, 6.07) is 6.97. The van der Waals surface area contributed by atoms with Crippen molar-refractivity contribution in [2.75, 3.05) is 6.54 Å². The van der Waals surface area contributed by atoms with E-state index in [0.717, 1.165) is 6.54 Å². The van der Waals surface area contributed by atoms with E-state index in [9.17, 15) is 0 Å². The Hall–Kier alpha value is -1.08. The van der Waals surface area contributed by atoms with Gasteiger partial charge in [0.15, 0.2) is 0 Å². The fourth-order valence-corrected chi connectivity index (χ4v) is 1.60. The maximum atomic E-state index is 3.70. The first kappa shape index (κ1) is 11.0. The Labute approximate surface area is 86.8 Å². The molecular weight excluding hydrogens is 170 g/mol. The molecule has 1 heteroatoms. The topological polar surface area (TPSA) is 12.0 Å². The van der Waals surface area contributed by atoms with E-state index in [-0.39, 0.29) is 0 Å². The van der Waals surface area contributed by atoms with E-state index in [2.05, 4.69) is 50.9 Å². The van der Waals surface area contributed by atoms with Gasteiger partial charge in [-0.25, -0.2) is 0 Å². The smallest absolute Gasteiger partial charge is 0.0297 e. The van der Waals surface area contributed by atoms with Crippen molar-refractivity contribution in [2.24, 2.45) is 0 Å². The molecule has 1 rings (SSSR count). The Bertz CT molecular complexity index is 315. The molecule has 76 valence electrons. The van der Waals surface area contributed by atoms with Gasteiger partial charge in [-0.2, -0.15) is 0 Å². The third-order valence-corrected chi connectivity index (χ3v) is 2.47. The number of hydrogen-bond donors (Lipinski definition) is 1. The number of aryl methyl sites for hydroxylation is 2. The molecule has 0 aliphatic heterocycles. The van der Waals surface area contributed by atoms with Gasteiger partial charge in [-0.05, 0) is 31.9 Å². The molecule has 1 unspecified atom stereocenters. The lowest BCUT2D eigenvalue weighted by molar-refractivity contribution is 0.614. The van der Waals surface area contributed by atoms with Crippen molar-refractivity contribution in [1.29, 1.82) is 0 Å². The van der Waals surface area contributed by atoms with Crippen molar-refractivity contribution < 1.29 is 0 Å². The molecule has 1 atom stereocenters. The largest absolute Gasteiger partial charge is 0.307 e. The molecule has 0 radical (unpaired) electrons. The van der Waals surface area contributed by atoms with Crippen LogP contribution in [0.25, 0.3) is 0 Å². The molecule has 0 aliphatic rings. The molecule has 0 fully saturated rings. The predicted molar refractivity (Wildman–Crippen MR) is 62.5 cm³/mol. The zero-order valence-electron chi connectivity index (χ0n) is 9.30. The highest BCUT2D eigenvalue weighted by Gasteiger charge is 2.06. The van der Waals surface area contributed by atoms with Gasteiger partial charge in [0.25, 0.3) is 0 Å². The average molecular weight is 189 g/mol. The van der Waals surface area contributed by atoms with Crippen LogP contribution < -0.4 is 5.32 Å². The number of hydrogen-bond acceptors (Lipinski definition) is 1. The van der Waals surface area contributed by atoms with E-state index < -0.39 is 0 Å². The van der Waals surface area contributed by atoms with Gasteiger partial charge in [0, 0.05) is 12.6 Å². The van der Waals surface area contributed by atoms with E-state index in [1.54, 1.807) is 0 Å². The molecule has 1 aromatic carbocycles. The molecule has 0 aliphatic carbocycles. The van der Waals surface area contributed by atoms with Crippen LogP contribution in [-0.2, 0) is 0 Å². The number of nitrogens with one attached hydrogen (secondary N) is 1. The van der Waals surface area contributed by atoms with Gasteiger partial charge in [-0.15, -0.1) is 6.58 Å². The molecule has 0 amide bonds. The molecule has 0 saturated carbocycles. The second kappa shape index (κ2) is 4.97. The normalized spacial score (nSPS) is 12.5. The van der Waals surface area contributed by atoms with Crippen molar-refractivity contribution in [3.63, 3.8) is 0 Å². The molecule has 1 aromatic rings. The second-order valence-corrected chi connectivity index (χ2v) is 3.78. The van der Waals surface area contributed by atoms with Gasteiger partial charge in [-0.1, -0.05) is 29.8 Å². The maximum absolute atomic E-state index is 3.70. The third kappa shape index (κ3) is 2.71. The molecule has 0 spiro atoms. The average Bonchev–Trinajstić information content (AvgIpc) is 2.18. The van der Waals surface area contributed by atoms with Crippen molar-refractivity contribution in [2.45, 2.75) is 26.8 Å². The van der Waals surface area contributed by atoms with E-state index in [0.29, 0.717) is 6.04 Å². The molecule has 14 heavy (non-hydrogen) atoms. The van der Waals surface area contributed by atoms with E-state index in [1.165, 1.54) is 16.7 Å². The Morgan fingerprint density at radius 3 is 2.79 bits per heavy atom. The summed E-state index contributed by atoms with van der Waals surface area (Å²) in [5, 5.41) is 3.40. The molecular formula is C13H19N. The van der Waals surface area contributed by atoms with Crippen LogP contribution in [-0.4, -0.2) is 6.54 Å². The SMILES string of the molecule is C=CCNC(C)c1cc(C)ccc1C. The van der Waals surface area contributed by atoms with Crippen LogP contribution in [0.15, 0.2) is 30.9 Å². The fraction of sp³-hybridized carbons (Fsp3) is 0.385. The second-order valence-electron chi connectivity index (χ2n) is 3.78. The summed E-state index contributed by atoms with van der Waals surface area (Å²) in [7, 11) is 0. The summed E-state index contributed by atoms with van der Waals surface area (Å²) in [6.07, 6.45) is 1.89. The van der Waals surface area contributed by atoms with Gasteiger partial charge in [0.05, 0.1) is 0 Å². The van der Waals surface area contributed by atoms with Gasteiger partial charge < -0.3 is 5.32 Å². The lowest BCUT2D eigenvalue weighted by Crippen LogP contribution is -2.19. The minimum atomic E-state index is 0.396. The standard InChI is InChI=1S/C13H19N/c1-5-8-14-12(4)13-9-10(2)6-7-11(13)3/h5-7,9,12,14H,1,8H2,2-4H3. The van der Waals surface area contributed by atoms with E-state index >= 15 is 0 Å². The van der Waals surface area contributed by atoms with E-state index in [4.69, 9.17) is 0 Å². The molecule has 0 saturated heterocycles. The maximum Gasteiger partial charge on any atom is 0.0297 e. The fourth-order valence-electron chi connectivity index (χ4n) is 1.60. The Kier molecular flexibility index (Phi) is 3.90. The van der Waals surface area contributed by atoms with Crippen LogP contribution in [0.4, 0.5) is 0 Å². The molecule has 0 heterocycles. The molecule has 0 bridgehead atoms. The van der Waals surface area contributed by atoms with Crippen LogP contribution in [0.5, 0.6) is 0 Å². The zero-order valence-corrected chi connectivity index (χ0v) is 9.30. The highest BCUT2D eigenvalue weighted by molar-refractivity contribution is 5.32. The summed E-state index contributed by atoms with van der Waals surface area (Å²) in [5.74, 6) is 0. The van der Waals surface area contributed by atoms with Crippen molar-refractivity contribution in [3.8, 4) is 0 Å². The lowest BCUT2D eigenvalue weighted by atomic mass is 10.00. The number of benzene rings is 1. The Morgan fingerprint density at radius 1 is 1.43 bits per heavy atom. The molecule has 1 N–H and O–H groups in total. The summed E-state index contributed by atoms with van der Waals surface area (Å²) >= 11 is 0. The van der Waals surface area contributed by atoms with Crippen LogP contribution in [0.1, 0.15) is 29.7 Å². The monoisotopic (exact) mass is 189 g/mol. The van der Waals surface area contributed by atoms with Crippen LogP contribution in [0, 0.1) is 13.8 Å². The Morgan fingerprint density at radius 2 is 2.14 bits per heavy atom. The van der Waals surface area contributed by atoms with Crippen molar-refractivity contribution in [3.05, 3.63) is 47.5 Å². The quantitative estimate of drug-likeness (QED) is 0.717. The van der Waals surface area contributed by atoms with E-state index in [1.807, 2.05) is 6.08 Å². The van der Waals surface area contributed by atoms with Gasteiger partial charge >= 0.3 is 0 Å². The number of rotatable bonds is 4. The Balaban J connectivity index is 2.82. The predicted octanol–water partition coefficient (Wildman–Crippen LogP) is 3.14. The first-order chi connectivity index (χ1) is 6.65. The van der Waals surface area contributed by atoms with Gasteiger partial charge in [-0.3, -0.25) is 0 Å². The summed E-state index contributed by atoms with van der Waals surface area (Å²) in [6.45, 7) is 11.0. The van der Waals surface area contributed by atoms with Crippen LogP contribution in [0.2, 0.25) is 0 Å². The van der Waals surface area contributed by atoms with Crippen LogP contribution in [0.3, 0.4) is 0 Å². The highest BCUT2D eigenvalue weighted by Crippen LogP contribution is 2.18.